The molecular formula is C19H18N2O5S2. The molecule has 2 N–H and O–H groups in total. The number of ether oxygens (including phenoxy) is 1. The van der Waals surface area contributed by atoms with Gasteiger partial charge < -0.3 is 4.74 Å². The smallest absolute Gasteiger partial charge is 0.261 e. The Morgan fingerprint density at radius 3 is 1.50 bits per heavy atom. The van der Waals surface area contributed by atoms with E-state index in [0.29, 0.717) is 11.4 Å². The Morgan fingerprint density at radius 2 is 1.04 bits per heavy atom. The standard InChI is InChI=1S/C19H18N2O5S2/c1-26-17-9-13-19(14-10-17)28(24,25)21-16-7-11-18(12-8-16)27(22,23)20-15-5-3-2-4-6-15/h2-14,20-21H,1H3. The van der Waals surface area contributed by atoms with Crippen molar-refractivity contribution in [3.8, 4) is 5.75 Å². The quantitative estimate of drug-likeness (QED) is 0.613. The van der Waals surface area contributed by atoms with Crippen LogP contribution in [0.3, 0.4) is 0 Å². The maximum atomic E-state index is 12.4. The maximum Gasteiger partial charge on any atom is 0.261 e. The highest BCUT2D eigenvalue weighted by Crippen LogP contribution is 2.21. The lowest BCUT2D eigenvalue weighted by atomic mass is 10.3. The summed E-state index contributed by atoms with van der Waals surface area (Å²) in [7, 11) is -6.09. The Labute approximate surface area is 164 Å². The fourth-order valence-electron chi connectivity index (χ4n) is 2.39. The second-order valence-electron chi connectivity index (χ2n) is 5.78. The Kier molecular flexibility index (Phi) is 5.57. The first-order chi connectivity index (χ1) is 13.3. The third kappa shape index (κ3) is 4.62. The SMILES string of the molecule is COc1ccc(S(=O)(=O)Nc2ccc(S(=O)(=O)Nc3ccccc3)cc2)cc1. The summed E-state index contributed by atoms with van der Waals surface area (Å²) in [5.41, 5.74) is 0.682. The third-order valence-corrected chi connectivity index (χ3v) is 6.61. The molecule has 0 bridgehead atoms. The first-order valence-electron chi connectivity index (χ1n) is 8.15. The van der Waals surface area contributed by atoms with Gasteiger partial charge in [0.05, 0.1) is 16.9 Å². The molecule has 0 aliphatic heterocycles. The molecule has 7 nitrogen and oxygen atoms in total. The summed E-state index contributed by atoms with van der Waals surface area (Å²) < 4.78 is 59.6. The van der Waals surface area contributed by atoms with Gasteiger partial charge in [-0.2, -0.15) is 0 Å². The average molecular weight is 418 g/mol. The molecule has 0 fully saturated rings. The molecule has 3 aromatic carbocycles. The van der Waals surface area contributed by atoms with Crippen LogP contribution >= 0.6 is 0 Å². The van der Waals surface area contributed by atoms with E-state index in [0.717, 1.165) is 0 Å². The summed E-state index contributed by atoms with van der Waals surface area (Å²) in [4.78, 5) is 0.0829. The van der Waals surface area contributed by atoms with Crippen LogP contribution in [0.25, 0.3) is 0 Å². The first-order valence-corrected chi connectivity index (χ1v) is 11.1. The number of sulfonamides is 2. The predicted octanol–water partition coefficient (Wildman–Crippen LogP) is 3.30. The van der Waals surface area contributed by atoms with Gasteiger partial charge in [0, 0.05) is 11.4 Å². The molecule has 0 amide bonds. The maximum absolute atomic E-state index is 12.4. The van der Waals surface area contributed by atoms with Crippen LogP contribution in [-0.2, 0) is 20.0 Å². The molecule has 3 aromatic rings. The zero-order valence-corrected chi connectivity index (χ0v) is 16.5. The predicted molar refractivity (Wildman–Crippen MR) is 107 cm³/mol. The molecule has 146 valence electrons. The van der Waals surface area contributed by atoms with E-state index < -0.39 is 20.0 Å². The highest BCUT2D eigenvalue weighted by atomic mass is 32.2. The van der Waals surface area contributed by atoms with E-state index >= 15 is 0 Å². The molecule has 0 aromatic heterocycles. The summed E-state index contributed by atoms with van der Waals surface area (Å²) in [5, 5.41) is 0. The van der Waals surface area contributed by atoms with Gasteiger partial charge in [-0.25, -0.2) is 16.8 Å². The van der Waals surface area contributed by atoms with Crippen LogP contribution in [0.2, 0.25) is 0 Å². The number of rotatable bonds is 7. The van der Waals surface area contributed by atoms with Crippen molar-refractivity contribution in [2.75, 3.05) is 16.6 Å². The van der Waals surface area contributed by atoms with Gasteiger partial charge in [-0.15, -0.1) is 0 Å². The molecule has 28 heavy (non-hydrogen) atoms. The fourth-order valence-corrected chi connectivity index (χ4v) is 4.51. The average Bonchev–Trinajstić information content (AvgIpc) is 2.68. The van der Waals surface area contributed by atoms with Crippen molar-refractivity contribution < 1.29 is 21.6 Å². The monoisotopic (exact) mass is 418 g/mol. The van der Waals surface area contributed by atoms with E-state index in [2.05, 4.69) is 9.44 Å². The van der Waals surface area contributed by atoms with E-state index in [1.165, 1.54) is 43.5 Å². The van der Waals surface area contributed by atoms with Gasteiger partial charge in [0.1, 0.15) is 5.75 Å². The minimum atomic E-state index is -3.81. The Bertz CT molecular complexity index is 1140. The van der Waals surface area contributed by atoms with Crippen molar-refractivity contribution in [3.05, 3.63) is 78.9 Å². The number of hydrogen-bond acceptors (Lipinski definition) is 5. The molecule has 0 aliphatic rings. The molecule has 0 aliphatic carbocycles. The molecule has 0 saturated carbocycles. The lowest BCUT2D eigenvalue weighted by Gasteiger charge is -2.11. The van der Waals surface area contributed by atoms with Crippen molar-refractivity contribution in [1.82, 2.24) is 0 Å². The zero-order valence-electron chi connectivity index (χ0n) is 14.9. The van der Waals surface area contributed by atoms with Crippen molar-refractivity contribution in [2.24, 2.45) is 0 Å². The lowest BCUT2D eigenvalue weighted by Crippen LogP contribution is -2.14. The van der Waals surface area contributed by atoms with E-state index in [-0.39, 0.29) is 15.5 Å². The van der Waals surface area contributed by atoms with Crippen LogP contribution < -0.4 is 14.2 Å². The van der Waals surface area contributed by atoms with Crippen LogP contribution in [-0.4, -0.2) is 23.9 Å². The van der Waals surface area contributed by atoms with Crippen molar-refractivity contribution in [1.29, 1.82) is 0 Å². The summed E-state index contributed by atoms with van der Waals surface area (Å²) in [5.74, 6) is 0.541. The largest absolute Gasteiger partial charge is 0.497 e. The minimum absolute atomic E-state index is 0.0174. The third-order valence-electron chi connectivity index (χ3n) is 3.81. The van der Waals surface area contributed by atoms with Crippen molar-refractivity contribution in [2.45, 2.75) is 9.79 Å². The molecule has 0 radical (unpaired) electrons. The van der Waals surface area contributed by atoms with E-state index in [1.54, 1.807) is 42.5 Å². The topological polar surface area (TPSA) is 102 Å². The molecule has 9 heteroatoms. The molecule has 3 rings (SSSR count). The Balaban J connectivity index is 1.76. The van der Waals surface area contributed by atoms with Crippen LogP contribution in [0, 0.1) is 0 Å². The van der Waals surface area contributed by atoms with Gasteiger partial charge in [-0.1, -0.05) is 18.2 Å². The zero-order chi connectivity index (χ0) is 20.2. The lowest BCUT2D eigenvalue weighted by molar-refractivity contribution is 0.414. The normalized spacial score (nSPS) is 11.6. The van der Waals surface area contributed by atoms with Gasteiger partial charge in [-0.05, 0) is 60.7 Å². The Morgan fingerprint density at radius 1 is 0.607 bits per heavy atom. The van der Waals surface area contributed by atoms with Crippen molar-refractivity contribution in [3.63, 3.8) is 0 Å². The van der Waals surface area contributed by atoms with Crippen LogP contribution in [0.4, 0.5) is 11.4 Å². The van der Waals surface area contributed by atoms with Crippen LogP contribution in [0.5, 0.6) is 5.75 Å². The molecule has 0 spiro atoms. The minimum Gasteiger partial charge on any atom is -0.497 e. The van der Waals surface area contributed by atoms with E-state index in [4.69, 9.17) is 4.74 Å². The Hall–Kier alpha value is -3.04. The van der Waals surface area contributed by atoms with E-state index in [9.17, 15) is 16.8 Å². The number of methoxy groups -OCH3 is 1. The summed E-state index contributed by atoms with van der Waals surface area (Å²) in [6.45, 7) is 0. The van der Waals surface area contributed by atoms with E-state index in [1.807, 2.05) is 0 Å². The fraction of sp³-hybridized carbons (Fsp3) is 0.0526. The highest BCUT2D eigenvalue weighted by molar-refractivity contribution is 7.93. The number of benzene rings is 3. The van der Waals surface area contributed by atoms with Gasteiger partial charge in [0.15, 0.2) is 0 Å². The highest BCUT2D eigenvalue weighted by Gasteiger charge is 2.17. The molecule has 0 heterocycles. The first kappa shape index (κ1) is 19.7. The molecule has 0 saturated heterocycles. The summed E-state index contributed by atoms with van der Waals surface area (Å²) >= 11 is 0. The van der Waals surface area contributed by atoms with Gasteiger partial charge in [0.25, 0.3) is 20.0 Å². The number of para-hydroxylation sites is 1. The summed E-state index contributed by atoms with van der Waals surface area (Å²) in [6, 6.07) is 19.8. The molecule has 0 atom stereocenters. The summed E-state index contributed by atoms with van der Waals surface area (Å²) in [6.07, 6.45) is 0. The van der Waals surface area contributed by atoms with Crippen LogP contribution in [0.1, 0.15) is 0 Å². The van der Waals surface area contributed by atoms with Gasteiger partial charge >= 0.3 is 0 Å². The second-order valence-corrected chi connectivity index (χ2v) is 9.14. The molecular weight excluding hydrogens is 400 g/mol. The second kappa shape index (κ2) is 7.91. The van der Waals surface area contributed by atoms with Crippen LogP contribution in [0.15, 0.2) is 88.7 Å². The molecule has 0 unspecified atom stereocenters. The number of hydrogen-bond donors (Lipinski definition) is 2. The number of nitrogens with one attached hydrogen (secondary N) is 2. The number of anilines is 2. The van der Waals surface area contributed by atoms with Crippen molar-refractivity contribution >= 4 is 31.4 Å². The van der Waals surface area contributed by atoms with Gasteiger partial charge in [-0.3, -0.25) is 9.44 Å². The van der Waals surface area contributed by atoms with Gasteiger partial charge in [0.2, 0.25) is 0 Å².